The Morgan fingerprint density at radius 1 is 1.20 bits per heavy atom. The van der Waals surface area contributed by atoms with E-state index in [0.717, 1.165) is 13.0 Å². The maximum atomic E-state index is 3.57. The fraction of sp³-hybridized carbons (Fsp3) is 0.538. The zero-order chi connectivity index (χ0) is 11.1. The summed E-state index contributed by atoms with van der Waals surface area (Å²) in [7, 11) is 0. The molecule has 0 radical (unpaired) electrons. The zero-order valence-electron chi connectivity index (χ0n) is 9.59. The van der Waals surface area contributed by atoms with Crippen LogP contribution in [0.1, 0.15) is 32.3 Å². The van der Waals surface area contributed by atoms with Gasteiger partial charge in [0.15, 0.2) is 0 Å². The van der Waals surface area contributed by atoms with Crippen molar-refractivity contribution in [1.82, 2.24) is 5.32 Å². The van der Waals surface area contributed by atoms with Gasteiger partial charge in [-0.05, 0) is 37.4 Å². The smallest absolute Gasteiger partial charge is 0.0207 e. The number of benzene rings is 1. The molecule has 0 saturated carbocycles. The van der Waals surface area contributed by atoms with Crippen molar-refractivity contribution < 1.29 is 0 Å². The Balaban J connectivity index is 2.34. The molecule has 0 spiro atoms. The van der Waals surface area contributed by atoms with E-state index in [1.807, 2.05) is 0 Å². The van der Waals surface area contributed by atoms with E-state index in [-0.39, 0.29) is 0 Å². The summed E-state index contributed by atoms with van der Waals surface area (Å²) in [6.07, 6.45) is 3.52. The van der Waals surface area contributed by atoms with Crippen LogP contribution in [0.15, 0.2) is 28.7 Å². The Kier molecular flexibility index (Phi) is 5.96. The molecular formula is C13H20BrN. The molecule has 0 aliphatic heterocycles. The third-order valence-corrected chi connectivity index (χ3v) is 3.54. The summed E-state index contributed by atoms with van der Waals surface area (Å²) >= 11 is 3.57. The highest BCUT2D eigenvalue weighted by Gasteiger charge is 2.02. The maximum absolute atomic E-state index is 3.57. The molecule has 0 aromatic heterocycles. The summed E-state index contributed by atoms with van der Waals surface area (Å²) in [5.41, 5.74) is 1.39. The van der Waals surface area contributed by atoms with Crippen LogP contribution < -0.4 is 5.32 Å². The van der Waals surface area contributed by atoms with E-state index < -0.39 is 0 Å². The predicted molar refractivity (Wildman–Crippen MR) is 70.2 cm³/mol. The van der Waals surface area contributed by atoms with Crippen LogP contribution in [-0.2, 0) is 6.42 Å². The van der Waals surface area contributed by atoms with Crippen LogP contribution >= 0.6 is 15.9 Å². The van der Waals surface area contributed by atoms with Gasteiger partial charge >= 0.3 is 0 Å². The van der Waals surface area contributed by atoms with Crippen LogP contribution in [0.4, 0.5) is 0 Å². The molecule has 1 nitrogen and oxygen atoms in total. The summed E-state index contributed by atoms with van der Waals surface area (Å²) in [6, 6.07) is 9.11. The van der Waals surface area contributed by atoms with Crippen LogP contribution in [0, 0.1) is 0 Å². The highest BCUT2D eigenvalue weighted by Crippen LogP contribution is 2.15. The van der Waals surface area contributed by atoms with Crippen LogP contribution in [0.5, 0.6) is 0 Å². The van der Waals surface area contributed by atoms with Gasteiger partial charge in [-0.25, -0.2) is 0 Å². The fourth-order valence-electron chi connectivity index (χ4n) is 1.69. The first kappa shape index (κ1) is 12.7. The minimum absolute atomic E-state index is 0.674. The maximum Gasteiger partial charge on any atom is 0.0207 e. The molecule has 84 valence electrons. The van der Waals surface area contributed by atoms with Gasteiger partial charge in [-0.15, -0.1) is 0 Å². The fourth-order valence-corrected chi connectivity index (χ4v) is 2.17. The highest BCUT2D eigenvalue weighted by atomic mass is 79.9. The monoisotopic (exact) mass is 269 g/mol. The standard InChI is InChI=1S/C13H20BrN/c1-3-12(4-2)15-10-9-11-7-5-6-8-13(11)14/h5-8,12,15H,3-4,9-10H2,1-2H3. The number of nitrogens with one attached hydrogen (secondary N) is 1. The van der Waals surface area contributed by atoms with Crippen molar-refractivity contribution in [2.75, 3.05) is 6.54 Å². The molecule has 15 heavy (non-hydrogen) atoms. The Morgan fingerprint density at radius 3 is 2.47 bits per heavy atom. The molecule has 1 aromatic rings. The van der Waals surface area contributed by atoms with Gasteiger partial charge in [0.25, 0.3) is 0 Å². The quantitative estimate of drug-likeness (QED) is 0.829. The summed E-state index contributed by atoms with van der Waals surface area (Å²) in [4.78, 5) is 0. The summed E-state index contributed by atoms with van der Waals surface area (Å²) in [5, 5.41) is 3.57. The average molecular weight is 270 g/mol. The molecule has 0 heterocycles. The van der Waals surface area contributed by atoms with Crippen molar-refractivity contribution >= 4 is 15.9 Å². The molecule has 0 aliphatic rings. The van der Waals surface area contributed by atoms with Gasteiger partial charge in [0.2, 0.25) is 0 Å². The Bertz CT molecular complexity index is 282. The topological polar surface area (TPSA) is 12.0 Å². The summed E-state index contributed by atoms with van der Waals surface area (Å²) < 4.78 is 1.22. The third kappa shape index (κ3) is 4.35. The van der Waals surface area contributed by atoms with Crippen LogP contribution in [0.25, 0.3) is 0 Å². The average Bonchev–Trinajstić information content (AvgIpc) is 2.27. The van der Waals surface area contributed by atoms with Crippen LogP contribution in [-0.4, -0.2) is 12.6 Å². The lowest BCUT2D eigenvalue weighted by molar-refractivity contribution is 0.488. The zero-order valence-corrected chi connectivity index (χ0v) is 11.2. The van der Waals surface area contributed by atoms with Gasteiger partial charge in [0, 0.05) is 10.5 Å². The predicted octanol–water partition coefficient (Wildman–Crippen LogP) is 3.77. The van der Waals surface area contributed by atoms with Gasteiger partial charge in [0.1, 0.15) is 0 Å². The first-order valence-electron chi connectivity index (χ1n) is 5.74. The van der Waals surface area contributed by atoms with Crippen molar-refractivity contribution in [3.8, 4) is 0 Å². The van der Waals surface area contributed by atoms with Crippen molar-refractivity contribution in [3.63, 3.8) is 0 Å². The Morgan fingerprint density at radius 2 is 1.87 bits per heavy atom. The van der Waals surface area contributed by atoms with E-state index >= 15 is 0 Å². The molecule has 1 aromatic carbocycles. The number of rotatable bonds is 6. The largest absolute Gasteiger partial charge is 0.314 e. The highest BCUT2D eigenvalue weighted by molar-refractivity contribution is 9.10. The second-order valence-electron chi connectivity index (χ2n) is 3.81. The van der Waals surface area contributed by atoms with E-state index in [9.17, 15) is 0 Å². The lowest BCUT2D eigenvalue weighted by Gasteiger charge is -2.14. The SMILES string of the molecule is CCC(CC)NCCc1ccccc1Br. The third-order valence-electron chi connectivity index (χ3n) is 2.77. The van der Waals surface area contributed by atoms with Gasteiger partial charge in [-0.3, -0.25) is 0 Å². The van der Waals surface area contributed by atoms with E-state index in [0.29, 0.717) is 6.04 Å². The summed E-state index contributed by atoms with van der Waals surface area (Å²) in [6.45, 7) is 5.54. The molecule has 0 unspecified atom stereocenters. The number of hydrogen-bond donors (Lipinski definition) is 1. The molecule has 0 aliphatic carbocycles. The van der Waals surface area contributed by atoms with Crippen molar-refractivity contribution in [3.05, 3.63) is 34.3 Å². The summed E-state index contributed by atoms with van der Waals surface area (Å²) in [5.74, 6) is 0. The Labute approximate surface area is 101 Å². The van der Waals surface area contributed by atoms with Gasteiger partial charge in [0.05, 0.1) is 0 Å². The van der Waals surface area contributed by atoms with Crippen molar-refractivity contribution in [1.29, 1.82) is 0 Å². The van der Waals surface area contributed by atoms with Gasteiger partial charge in [-0.1, -0.05) is 48.0 Å². The van der Waals surface area contributed by atoms with Crippen LogP contribution in [0.3, 0.4) is 0 Å². The number of hydrogen-bond acceptors (Lipinski definition) is 1. The first-order chi connectivity index (χ1) is 7.27. The normalized spacial score (nSPS) is 10.9. The molecule has 1 rings (SSSR count). The molecule has 2 heteroatoms. The van der Waals surface area contributed by atoms with Crippen molar-refractivity contribution in [2.45, 2.75) is 39.2 Å². The lowest BCUT2D eigenvalue weighted by Crippen LogP contribution is -2.29. The Hall–Kier alpha value is -0.340. The van der Waals surface area contributed by atoms with Gasteiger partial charge < -0.3 is 5.32 Å². The second kappa shape index (κ2) is 7.02. The van der Waals surface area contributed by atoms with Crippen molar-refractivity contribution in [2.24, 2.45) is 0 Å². The molecular weight excluding hydrogens is 250 g/mol. The van der Waals surface area contributed by atoms with E-state index in [2.05, 4.69) is 59.4 Å². The van der Waals surface area contributed by atoms with E-state index in [1.165, 1.54) is 22.9 Å². The molecule has 0 atom stereocenters. The van der Waals surface area contributed by atoms with Crippen LogP contribution in [0.2, 0.25) is 0 Å². The van der Waals surface area contributed by atoms with Gasteiger partial charge in [-0.2, -0.15) is 0 Å². The molecule has 0 amide bonds. The second-order valence-corrected chi connectivity index (χ2v) is 4.66. The number of halogens is 1. The van der Waals surface area contributed by atoms with E-state index in [1.54, 1.807) is 0 Å². The molecule has 1 N–H and O–H groups in total. The minimum atomic E-state index is 0.674. The molecule has 0 bridgehead atoms. The minimum Gasteiger partial charge on any atom is -0.314 e. The first-order valence-corrected chi connectivity index (χ1v) is 6.54. The van der Waals surface area contributed by atoms with E-state index in [4.69, 9.17) is 0 Å². The molecule has 0 fully saturated rings. The lowest BCUT2D eigenvalue weighted by atomic mass is 10.1. The molecule has 0 saturated heterocycles.